The maximum absolute atomic E-state index is 13.5. The Bertz CT molecular complexity index is 1070. The van der Waals surface area contributed by atoms with Crippen LogP contribution in [0.3, 0.4) is 0 Å². The van der Waals surface area contributed by atoms with Gasteiger partial charge in [0, 0.05) is 37.0 Å². The topological polar surface area (TPSA) is 57.7 Å². The van der Waals surface area contributed by atoms with E-state index in [1.165, 1.54) is 17.4 Å². The fraction of sp³-hybridized carbons (Fsp3) is 0.476. The zero-order valence-corrected chi connectivity index (χ0v) is 17.8. The van der Waals surface area contributed by atoms with Crippen LogP contribution in [0.5, 0.6) is 0 Å². The van der Waals surface area contributed by atoms with E-state index in [0.717, 1.165) is 12.5 Å². The van der Waals surface area contributed by atoms with Crippen LogP contribution in [-0.2, 0) is 14.8 Å². The molecule has 160 valence electrons. The van der Waals surface area contributed by atoms with Crippen molar-refractivity contribution in [3.8, 4) is 0 Å². The molecule has 1 aliphatic carbocycles. The van der Waals surface area contributed by atoms with E-state index in [9.17, 15) is 22.0 Å². The van der Waals surface area contributed by atoms with Crippen molar-refractivity contribution in [3.05, 3.63) is 52.2 Å². The van der Waals surface area contributed by atoms with Crippen molar-refractivity contribution in [1.82, 2.24) is 9.21 Å². The van der Waals surface area contributed by atoms with Gasteiger partial charge in [-0.1, -0.05) is 6.07 Å². The van der Waals surface area contributed by atoms with Gasteiger partial charge in [-0.15, -0.1) is 0 Å². The maximum Gasteiger partial charge on any atom is 0.243 e. The molecule has 2 saturated heterocycles. The molecule has 4 atom stereocenters. The first-order valence-corrected chi connectivity index (χ1v) is 12.5. The van der Waals surface area contributed by atoms with Gasteiger partial charge >= 0.3 is 0 Å². The van der Waals surface area contributed by atoms with Gasteiger partial charge in [0.25, 0.3) is 0 Å². The number of rotatable bonds is 4. The Balaban J connectivity index is 1.25. The number of nitrogens with zero attached hydrogens (tertiary/aromatic N) is 2. The smallest absolute Gasteiger partial charge is 0.243 e. The van der Waals surface area contributed by atoms with E-state index in [4.69, 9.17) is 0 Å². The highest BCUT2D eigenvalue weighted by atomic mass is 32.2. The molecule has 3 fully saturated rings. The van der Waals surface area contributed by atoms with Crippen molar-refractivity contribution in [2.24, 2.45) is 11.8 Å². The molecule has 1 saturated carbocycles. The third-order valence-electron chi connectivity index (χ3n) is 6.69. The van der Waals surface area contributed by atoms with E-state index in [0.29, 0.717) is 42.9 Å². The number of hydrogen-bond acceptors (Lipinski definition) is 4. The summed E-state index contributed by atoms with van der Waals surface area (Å²) in [7, 11) is -3.48. The molecule has 3 aliphatic rings. The van der Waals surface area contributed by atoms with Crippen molar-refractivity contribution in [3.63, 3.8) is 0 Å². The quantitative estimate of drug-likeness (QED) is 0.714. The molecule has 2 unspecified atom stereocenters. The van der Waals surface area contributed by atoms with Gasteiger partial charge in [-0.3, -0.25) is 4.79 Å². The molecule has 2 aliphatic heterocycles. The lowest BCUT2D eigenvalue weighted by molar-refractivity contribution is -0.134. The molecule has 1 amide bonds. The molecule has 9 heteroatoms. The van der Waals surface area contributed by atoms with Gasteiger partial charge in [0.1, 0.15) is 0 Å². The first-order chi connectivity index (χ1) is 14.4. The number of amides is 1. The molecule has 0 radical (unpaired) electrons. The highest BCUT2D eigenvalue weighted by Gasteiger charge is 2.50. The number of hydrogen-bond donors (Lipinski definition) is 0. The fourth-order valence-corrected chi connectivity index (χ4v) is 7.51. The van der Waals surface area contributed by atoms with Crippen LogP contribution in [0.25, 0.3) is 0 Å². The summed E-state index contributed by atoms with van der Waals surface area (Å²) in [5.41, 5.74) is 0.666. The molecular formula is C21H22F2N2O3S2. The number of carbonyl (C=O) groups excluding carboxylic acids is 1. The minimum Gasteiger partial charge on any atom is -0.339 e. The highest BCUT2D eigenvalue weighted by Crippen LogP contribution is 2.50. The second kappa shape index (κ2) is 7.39. The minimum atomic E-state index is -3.48. The van der Waals surface area contributed by atoms with Crippen LogP contribution >= 0.6 is 11.3 Å². The molecule has 5 rings (SSSR count). The third-order valence-corrected chi connectivity index (χ3v) is 9.39. The molecule has 30 heavy (non-hydrogen) atoms. The summed E-state index contributed by atoms with van der Waals surface area (Å²) in [5, 5.41) is 3.41. The minimum absolute atomic E-state index is 0.0534. The Hall–Kier alpha value is -1.84. The first kappa shape index (κ1) is 20.1. The fourth-order valence-electron chi connectivity index (χ4n) is 4.98. The molecule has 1 aromatic carbocycles. The van der Waals surface area contributed by atoms with Crippen LogP contribution in [0.4, 0.5) is 8.78 Å². The van der Waals surface area contributed by atoms with E-state index < -0.39 is 21.7 Å². The summed E-state index contributed by atoms with van der Waals surface area (Å²) in [4.78, 5) is 15.3. The van der Waals surface area contributed by atoms with Crippen LogP contribution < -0.4 is 0 Å². The van der Waals surface area contributed by atoms with Gasteiger partial charge in [0.05, 0.1) is 4.90 Å². The number of carbonyl (C=O) groups is 1. The van der Waals surface area contributed by atoms with Crippen molar-refractivity contribution in [2.75, 3.05) is 19.6 Å². The zero-order valence-electron chi connectivity index (χ0n) is 16.2. The summed E-state index contributed by atoms with van der Waals surface area (Å²) in [6.45, 7) is 1.46. The van der Waals surface area contributed by atoms with Crippen LogP contribution in [0.1, 0.15) is 30.7 Å². The predicted octanol–water partition coefficient (Wildman–Crippen LogP) is 3.44. The summed E-state index contributed by atoms with van der Waals surface area (Å²) in [6, 6.07) is 5.53. The number of fused-ring (bicyclic) bond motifs is 1. The second-order valence-corrected chi connectivity index (χ2v) is 11.1. The summed E-state index contributed by atoms with van der Waals surface area (Å²) >= 11 is 1.36. The van der Waals surface area contributed by atoms with E-state index in [2.05, 4.69) is 0 Å². The molecular weight excluding hydrogens is 430 g/mol. The van der Waals surface area contributed by atoms with Crippen LogP contribution in [0.2, 0.25) is 0 Å². The normalized spacial score (nSPS) is 29.1. The molecule has 2 aromatic rings. The number of thiophene rings is 1. The summed E-state index contributed by atoms with van der Waals surface area (Å²) in [6.07, 6.45) is 2.06. The SMILES string of the molecule is O=C([C@@H]1C[C@H]1c1ccc(F)c(F)c1)N1CCC2CN(S(=O)(=O)c3ccsc3)CCC21. The van der Waals surface area contributed by atoms with Gasteiger partial charge in [-0.05, 0) is 60.2 Å². The largest absolute Gasteiger partial charge is 0.339 e. The van der Waals surface area contributed by atoms with Gasteiger partial charge in [0.2, 0.25) is 15.9 Å². The molecule has 0 spiro atoms. The number of benzene rings is 1. The molecule has 5 nitrogen and oxygen atoms in total. The Kier molecular flexibility index (Phi) is 4.95. The lowest BCUT2D eigenvalue weighted by atomic mass is 9.94. The van der Waals surface area contributed by atoms with Crippen molar-refractivity contribution in [1.29, 1.82) is 0 Å². The number of likely N-dealkylation sites (tertiary alicyclic amines) is 1. The van der Waals surface area contributed by atoms with Crippen LogP contribution in [-0.4, -0.2) is 49.2 Å². The number of piperidine rings is 1. The number of sulfonamides is 1. The van der Waals surface area contributed by atoms with Gasteiger partial charge in [-0.25, -0.2) is 17.2 Å². The van der Waals surface area contributed by atoms with Gasteiger partial charge in [-0.2, -0.15) is 15.6 Å². The zero-order chi connectivity index (χ0) is 21.0. The van der Waals surface area contributed by atoms with Gasteiger partial charge in [0.15, 0.2) is 11.6 Å². The summed E-state index contributed by atoms with van der Waals surface area (Å²) in [5.74, 6) is -1.82. The Morgan fingerprint density at radius 2 is 1.93 bits per heavy atom. The molecule has 0 bridgehead atoms. The average Bonchev–Trinajstić information content (AvgIpc) is 3.14. The average molecular weight is 453 g/mol. The lowest BCUT2D eigenvalue weighted by Crippen LogP contribution is -2.49. The van der Waals surface area contributed by atoms with Crippen LogP contribution in [0, 0.1) is 23.5 Å². The van der Waals surface area contributed by atoms with Gasteiger partial charge < -0.3 is 4.90 Å². The molecule has 0 N–H and O–H groups in total. The first-order valence-electron chi connectivity index (χ1n) is 10.1. The Morgan fingerprint density at radius 3 is 2.67 bits per heavy atom. The van der Waals surface area contributed by atoms with Crippen molar-refractivity contribution < 1.29 is 22.0 Å². The van der Waals surface area contributed by atoms with E-state index in [1.807, 2.05) is 4.90 Å². The van der Waals surface area contributed by atoms with Crippen molar-refractivity contribution in [2.45, 2.75) is 36.1 Å². The predicted molar refractivity (Wildman–Crippen MR) is 109 cm³/mol. The van der Waals surface area contributed by atoms with Crippen molar-refractivity contribution >= 4 is 27.3 Å². The maximum atomic E-state index is 13.5. The monoisotopic (exact) mass is 452 g/mol. The highest BCUT2D eigenvalue weighted by molar-refractivity contribution is 7.89. The third kappa shape index (κ3) is 3.36. The second-order valence-electron chi connectivity index (χ2n) is 8.38. The molecule has 1 aromatic heterocycles. The number of halogens is 2. The van der Waals surface area contributed by atoms with E-state index in [-0.39, 0.29) is 29.7 Å². The Morgan fingerprint density at radius 1 is 1.10 bits per heavy atom. The lowest BCUT2D eigenvalue weighted by Gasteiger charge is -2.37. The van der Waals surface area contributed by atoms with E-state index >= 15 is 0 Å². The van der Waals surface area contributed by atoms with Crippen LogP contribution in [0.15, 0.2) is 39.9 Å². The summed E-state index contributed by atoms with van der Waals surface area (Å²) < 4.78 is 53.9. The standard InChI is InChI=1S/C21H22F2N2O3S2/c22-18-2-1-13(9-19(18)23)16-10-17(16)21(26)25-7-3-14-11-24(6-4-20(14)25)30(27,28)15-5-8-29-12-15/h1-2,5,8-9,12,14,16-17,20H,3-4,6-7,10-11H2/t14?,16-,17+,20?/m0/s1. The van der Waals surface area contributed by atoms with E-state index in [1.54, 1.807) is 27.2 Å². The Labute approximate surface area is 178 Å². The molecule has 3 heterocycles.